The Labute approximate surface area is 158 Å². The van der Waals surface area contributed by atoms with Gasteiger partial charge in [-0.2, -0.15) is 0 Å². The van der Waals surface area contributed by atoms with Crippen molar-refractivity contribution in [3.63, 3.8) is 0 Å². The number of carbonyl (C=O) groups excluding carboxylic acids is 1. The normalized spacial score (nSPS) is 16.1. The molecular weight excluding hydrogens is 346 g/mol. The lowest BCUT2D eigenvalue weighted by Crippen LogP contribution is -2.12. The van der Waals surface area contributed by atoms with Crippen molar-refractivity contribution in [2.24, 2.45) is 0 Å². The Morgan fingerprint density at radius 1 is 1.19 bits per heavy atom. The number of hydrogen-bond donors (Lipinski definition) is 2. The fourth-order valence-electron chi connectivity index (χ4n) is 2.98. The van der Waals surface area contributed by atoms with Gasteiger partial charge in [-0.25, -0.2) is 0 Å². The third-order valence-electron chi connectivity index (χ3n) is 4.47. The van der Waals surface area contributed by atoms with E-state index in [0.717, 1.165) is 18.6 Å². The second-order valence-electron chi connectivity index (χ2n) is 6.51. The largest absolute Gasteiger partial charge is 0.494 e. The van der Waals surface area contributed by atoms with Gasteiger partial charge in [0.05, 0.1) is 13.2 Å². The smallest absolute Gasteiger partial charge is 0.303 e. The molecule has 0 bridgehead atoms. The quantitative estimate of drug-likeness (QED) is 0.693. The van der Waals surface area contributed by atoms with E-state index >= 15 is 0 Å². The molecule has 1 unspecified atom stereocenters. The summed E-state index contributed by atoms with van der Waals surface area (Å²) in [6.45, 7) is 1.82. The summed E-state index contributed by atoms with van der Waals surface area (Å²) in [6, 6.07) is 14.7. The maximum Gasteiger partial charge on any atom is 0.303 e. The van der Waals surface area contributed by atoms with Gasteiger partial charge >= 0.3 is 5.97 Å². The molecule has 1 saturated heterocycles. The molecule has 0 aromatic heterocycles. The van der Waals surface area contributed by atoms with Crippen molar-refractivity contribution in [3.8, 4) is 5.75 Å². The molecule has 1 fully saturated rings. The Bertz CT molecular complexity index is 781. The zero-order valence-electron chi connectivity index (χ0n) is 15.0. The van der Waals surface area contributed by atoms with Crippen LogP contribution >= 0.6 is 0 Å². The fraction of sp³-hybridized carbons (Fsp3) is 0.333. The van der Waals surface area contributed by atoms with Gasteiger partial charge in [-0.05, 0) is 54.8 Å². The first kappa shape index (κ1) is 18.9. The van der Waals surface area contributed by atoms with Gasteiger partial charge in [0.1, 0.15) is 5.75 Å². The van der Waals surface area contributed by atoms with Crippen molar-refractivity contribution in [1.29, 1.82) is 0 Å². The van der Waals surface area contributed by atoms with Crippen molar-refractivity contribution >= 4 is 17.6 Å². The van der Waals surface area contributed by atoms with Crippen molar-refractivity contribution in [2.45, 2.75) is 25.2 Å². The number of carboxylic acid groups (broad SMARTS) is 1. The maximum atomic E-state index is 12.5. The summed E-state index contributed by atoms with van der Waals surface area (Å²) in [7, 11) is 0. The van der Waals surface area contributed by atoms with Crippen molar-refractivity contribution in [3.05, 3.63) is 59.7 Å². The molecule has 0 radical (unpaired) electrons. The molecule has 1 heterocycles. The number of rotatable bonds is 8. The van der Waals surface area contributed by atoms with Crippen LogP contribution in [0.5, 0.6) is 5.75 Å². The van der Waals surface area contributed by atoms with E-state index in [4.69, 9.17) is 14.6 Å². The van der Waals surface area contributed by atoms with Gasteiger partial charge in [0.2, 0.25) is 0 Å². The van der Waals surface area contributed by atoms with E-state index in [0.29, 0.717) is 42.6 Å². The molecule has 1 atom stereocenters. The fourth-order valence-corrected chi connectivity index (χ4v) is 2.98. The number of carboxylic acids is 1. The maximum absolute atomic E-state index is 12.5. The first-order valence-electron chi connectivity index (χ1n) is 9.05. The number of amides is 1. The zero-order chi connectivity index (χ0) is 19.1. The van der Waals surface area contributed by atoms with Gasteiger partial charge in [0.25, 0.3) is 5.91 Å². The number of anilines is 1. The molecule has 0 aliphatic carbocycles. The molecule has 6 nitrogen and oxygen atoms in total. The van der Waals surface area contributed by atoms with Crippen LogP contribution in [0, 0.1) is 0 Å². The number of aliphatic carboxylic acids is 1. The number of nitrogens with one attached hydrogen (secondary N) is 1. The number of hydrogen-bond acceptors (Lipinski definition) is 4. The molecule has 0 saturated carbocycles. The van der Waals surface area contributed by atoms with Gasteiger partial charge in [-0.1, -0.05) is 12.1 Å². The van der Waals surface area contributed by atoms with Gasteiger partial charge in [-0.15, -0.1) is 0 Å². The van der Waals surface area contributed by atoms with E-state index < -0.39 is 5.97 Å². The zero-order valence-corrected chi connectivity index (χ0v) is 15.0. The van der Waals surface area contributed by atoms with Crippen LogP contribution in [0.25, 0.3) is 0 Å². The summed E-state index contributed by atoms with van der Waals surface area (Å²) in [5.74, 6) is 0.00371. The summed E-state index contributed by atoms with van der Waals surface area (Å²) >= 11 is 0. The van der Waals surface area contributed by atoms with Gasteiger partial charge in [0.15, 0.2) is 0 Å². The minimum Gasteiger partial charge on any atom is -0.494 e. The molecule has 0 spiro atoms. The molecule has 142 valence electrons. The second kappa shape index (κ2) is 9.19. The SMILES string of the molecule is O=C(O)CCCOc1ccc(NC(=O)c2cccc(C3CCOC3)c2)cc1. The van der Waals surface area contributed by atoms with Crippen LogP contribution in [0.15, 0.2) is 48.5 Å². The molecule has 1 aliphatic heterocycles. The van der Waals surface area contributed by atoms with E-state index in [1.165, 1.54) is 0 Å². The van der Waals surface area contributed by atoms with Crippen LogP contribution in [0.2, 0.25) is 0 Å². The third-order valence-corrected chi connectivity index (χ3v) is 4.47. The average Bonchev–Trinajstić information content (AvgIpc) is 3.21. The standard InChI is InChI=1S/C21H23NO5/c23-20(24)5-2-11-27-19-8-6-18(7-9-19)22-21(25)16-4-1-3-15(13-16)17-10-12-26-14-17/h1,3-4,6-9,13,17H,2,5,10-12,14H2,(H,22,25)(H,23,24). The van der Waals surface area contributed by atoms with Crippen molar-refractivity contribution in [1.82, 2.24) is 0 Å². The Morgan fingerprint density at radius 2 is 2.00 bits per heavy atom. The number of benzene rings is 2. The van der Waals surface area contributed by atoms with Crippen LogP contribution in [-0.4, -0.2) is 36.8 Å². The molecule has 2 N–H and O–H groups in total. The lowest BCUT2D eigenvalue weighted by molar-refractivity contribution is -0.137. The summed E-state index contributed by atoms with van der Waals surface area (Å²) in [5, 5.41) is 11.5. The van der Waals surface area contributed by atoms with E-state index in [1.54, 1.807) is 30.3 Å². The highest BCUT2D eigenvalue weighted by atomic mass is 16.5. The molecule has 2 aromatic carbocycles. The van der Waals surface area contributed by atoms with Crippen LogP contribution < -0.4 is 10.1 Å². The Balaban J connectivity index is 1.54. The molecule has 3 rings (SSSR count). The molecule has 6 heteroatoms. The molecular formula is C21H23NO5. The highest BCUT2D eigenvalue weighted by Gasteiger charge is 2.18. The highest BCUT2D eigenvalue weighted by Crippen LogP contribution is 2.26. The van der Waals surface area contributed by atoms with Gasteiger partial charge in [0, 0.05) is 30.2 Å². The second-order valence-corrected chi connectivity index (χ2v) is 6.51. The Kier molecular flexibility index (Phi) is 6.44. The van der Waals surface area contributed by atoms with Crippen LogP contribution in [0.4, 0.5) is 5.69 Å². The van der Waals surface area contributed by atoms with Crippen LogP contribution in [-0.2, 0) is 9.53 Å². The third kappa shape index (κ3) is 5.56. The Morgan fingerprint density at radius 3 is 2.70 bits per heavy atom. The predicted molar refractivity (Wildman–Crippen MR) is 101 cm³/mol. The van der Waals surface area contributed by atoms with E-state index in [9.17, 15) is 9.59 Å². The number of ether oxygens (including phenoxy) is 2. The first-order chi connectivity index (χ1) is 13.1. The van der Waals surface area contributed by atoms with E-state index in [-0.39, 0.29) is 12.3 Å². The molecule has 2 aromatic rings. The van der Waals surface area contributed by atoms with Gasteiger partial charge in [-0.3, -0.25) is 9.59 Å². The van der Waals surface area contributed by atoms with E-state index in [2.05, 4.69) is 5.32 Å². The van der Waals surface area contributed by atoms with Crippen molar-refractivity contribution < 1.29 is 24.2 Å². The Hall–Kier alpha value is -2.86. The van der Waals surface area contributed by atoms with Gasteiger partial charge < -0.3 is 19.9 Å². The lowest BCUT2D eigenvalue weighted by atomic mass is 9.96. The molecule has 1 amide bonds. The number of carbonyl (C=O) groups is 2. The topological polar surface area (TPSA) is 84.9 Å². The summed E-state index contributed by atoms with van der Waals surface area (Å²) in [5.41, 5.74) is 2.42. The summed E-state index contributed by atoms with van der Waals surface area (Å²) < 4.78 is 10.9. The van der Waals surface area contributed by atoms with Crippen molar-refractivity contribution in [2.75, 3.05) is 25.1 Å². The minimum atomic E-state index is -0.832. The monoisotopic (exact) mass is 369 g/mol. The lowest BCUT2D eigenvalue weighted by Gasteiger charge is -2.11. The first-order valence-corrected chi connectivity index (χ1v) is 9.05. The summed E-state index contributed by atoms with van der Waals surface area (Å²) in [4.78, 5) is 23.0. The molecule has 27 heavy (non-hydrogen) atoms. The minimum absolute atomic E-state index is 0.0835. The van der Waals surface area contributed by atoms with Crippen LogP contribution in [0.1, 0.15) is 41.1 Å². The van der Waals surface area contributed by atoms with Crippen LogP contribution in [0.3, 0.4) is 0 Å². The summed E-state index contributed by atoms with van der Waals surface area (Å²) in [6.07, 6.45) is 1.52. The predicted octanol–water partition coefficient (Wildman–Crippen LogP) is 3.69. The molecule has 1 aliphatic rings. The van der Waals surface area contributed by atoms with E-state index in [1.807, 2.05) is 18.2 Å². The average molecular weight is 369 g/mol. The highest BCUT2D eigenvalue weighted by molar-refractivity contribution is 6.04.